The van der Waals surface area contributed by atoms with Crippen LogP contribution in [0.1, 0.15) is 32.3 Å². The maximum Gasteiger partial charge on any atom is 0.157 e. The van der Waals surface area contributed by atoms with E-state index in [2.05, 4.69) is 40.1 Å². The molecule has 0 aromatic heterocycles. The predicted octanol–water partition coefficient (Wildman–Crippen LogP) is 5.88. The third kappa shape index (κ3) is 4.89. The Morgan fingerprint density at radius 2 is 1.80 bits per heavy atom. The minimum atomic E-state index is -0.0101. The lowest BCUT2D eigenvalue weighted by Gasteiger charge is -2.29. The molecule has 1 aliphatic carbocycles. The summed E-state index contributed by atoms with van der Waals surface area (Å²) in [5, 5.41) is 3.40. The lowest BCUT2D eigenvalue weighted by molar-refractivity contribution is -0.117. The van der Waals surface area contributed by atoms with Crippen molar-refractivity contribution in [2.45, 2.75) is 26.7 Å². The molecular formula is C21H21BrN2O. The number of halogens is 1. The number of nitrogens with zero attached hydrogens (tertiary/aromatic N) is 1. The summed E-state index contributed by atoms with van der Waals surface area (Å²) in [5.41, 5.74) is 3.73. The van der Waals surface area contributed by atoms with Crippen molar-refractivity contribution in [2.75, 3.05) is 5.32 Å². The van der Waals surface area contributed by atoms with Crippen LogP contribution < -0.4 is 5.32 Å². The first kappa shape index (κ1) is 17.6. The first-order chi connectivity index (χ1) is 11.9. The number of allylic oxidation sites excluding steroid dienone is 2. The Hall–Kier alpha value is -2.20. The molecule has 1 N–H and O–H groups in total. The van der Waals surface area contributed by atoms with E-state index >= 15 is 0 Å². The number of para-hydroxylation sites is 2. The van der Waals surface area contributed by atoms with Gasteiger partial charge in [-0.1, -0.05) is 54.0 Å². The van der Waals surface area contributed by atoms with Crippen molar-refractivity contribution in [1.82, 2.24) is 0 Å². The Labute approximate surface area is 157 Å². The van der Waals surface area contributed by atoms with Gasteiger partial charge in [0.05, 0.1) is 11.4 Å². The van der Waals surface area contributed by atoms with Gasteiger partial charge in [-0.05, 0) is 41.7 Å². The van der Waals surface area contributed by atoms with E-state index in [0.29, 0.717) is 6.42 Å². The highest BCUT2D eigenvalue weighted by Gasteiger charge is 2.27. The molecule has 0 fully saturated rings. The number of aliphatic imine (C=N–C) groups is 1. The van der Waals surface area contributed by atoms with Gasteiger partial charge in [-0.15, -0.1) is 0 Å². The summed E-state index contributed by atoms with van der Waals surface area (Å²) in [5.74, 6) is 0.176. The average Bonchev–Trinajstić information content (AvgIpc) is 2.53. The lowest BCUT2D eigenvalue weighted by atomic mass is 9.79. The molecule has 4 heteroatoms. The Balaban J connectivity index is 1.81. The van der Waals surface area contributed by atoms with Crippen molar-refractivity contribution >= 4 is 39.3 Å². The van der Waals surface area contributed by atoms with E-state index in [1.807, 2.05) is 54.7 Å². The highest BCUT2D eigenvalue weighted by atomic mass is 79.9. The molecule has 2 aromatic rings. The van der Waals surface area contributed by atoms with Gasteiger partial charge in [0.2, 0.25) is 0 Å². The van der Waals surface area contributed by atoms with Gasteiger partial charge in [0.1, 0.15) is 0 Å². The van der Waals surface area contributed by atoms with Crippen molar-refractivity contribution in [3.63, 3.8) is 0 Å². The van der Waals surface area contributed by atoms with E-state index in [4.69, 9.17) is 0 Å². The van der Waals surface area contributed by atoms with E-state index in [1.54, 1.807) is 6.08 Å². The van der Waals surface area contributed by atoms with Crippen molar-refractivity contribution in [1.29, 1.82) is 0 Å². The number of ketones is 1. The second kappa shape index (κ2) is 7.36. The van der Waals surface area contributed by atoms with Crippen LogP contribution in [0, 0.1) is 5.41 Å². The van der Waals surface area contributed by atoms with Crippen molar-refractivity contribution in [3.05, 3.63) is 70.3 Å². The van der Waals surface area contributed by atoms with Crippen molar-refractivity contribution in [2.24, 2.45) is 10.4 Å². The summed E-state index contributed by atoms with van der Waals surface area (Å²) >= 11 is 3.43. The summed E-state index contributed by atoms with van der Waals surface area (Å²) < 4.78 is 1.04. The Morgan fingerprint density at radius 3 is 2.52 bits per heavy atom. The number of rotatable bonds is 4. The van der Waals surface area contributed by atoms with Gasteiger partial charge >= 0.3 is 0 Å². The Bertz CT molecular complexity index is 835. The van der Waals surface area contributed by atoms with Crippen LogP contribution in [-0.4, -0.2) is 12.0 Å². The number of anilines is 1. The third-order valence-corrected chi connectivity index (χ3v) is 4.61. The molecule has 0 bridgehead atoms. The molecule has 0 heterocycles. The molecule has 3 nitrogen and oxygen atoms in total. The van der Waals surface area contributed by atoms with E-state index in [-0.39, 0.29) is 11.2 Å². The van der Waals surface area contributed by atoms with Crippen LogP contribution in [-0.2, 0) is 4.79 Å². The molecule has 0 spiro atoms. The van der Waals surface area contributed by atoms with Gasteiger partial charge in [-0.25, -0.2) is 0 Å². The zero-order valence-electron chi connectivity index (χ0n) is 14.4. The summed E-state index contributed by atoms with van der Waals surface area (Å²) in [4.78, 5) is 16.6. The zero-order chi connectivity index (χ0) is 17.9. The second-order valence-corrected chi connectivity index (χ2v) is 8.02. The van der Waals surface area contributed by atoms with E-state index in [0.717, 1.165) is 33.5 Å². The number of benzene rings is 2. The molecule has 0 atom stereocenters. The number of carbonyl (C=O) groups excluding carboxylic acids is 1. The maximum atomic E-state index is 12.0. The molecule has 0 aliphatic heterocycles. The fourth-order valence-corrected chi connectivity index (χ4v) is 3.25. The van der Waals surface area contributed by atoms with Crippen molar-refractivity contribution < 1.29 is 4.79 Å². The monoisotopic (exact) mass is 396 g/mol. The van der Waals surface area contributed by atoms with Gasteiger partial charge in [0, 0.05) is 28.9 Å². The normalized spacial score (nSPS) is 16.8. The molecule has 128 valence electrons. The van der Waals surface area contributed by atoms with Gasteiger partial charge in [0.25, 0.3) is 0 Å². The van der Waals surface area contributed by atoms with Crippen LogP contribution in [0.3, 0.4) is 0 Å². The summed E-state index contributed by atoms with van der Waals surface area (Å²) in [6.07, 6.45) is 5.02. The molecule has 3 rings (SSSR count). The largest absolute Gasteiger partial charge is 0.357 e. The van der Waals surface area contributed by atoms with E-state index in [9.17, 15) is 4.79 Å². The average molecular weight is 397 g/mol. The highest BCUT2D eigenvalue weighted by molar-refractivity contribution is 9.10. The predicted molar refractivity (Wildman–Crippen MR) is 108 cm³/mol. The van der Waals surface area contributed by atoms with Gasteiger partial charge in [-0.2, -0.15) is 0 Å². The quantitative estimate of drug-likeness (QED) is 0.654. The molecule has 1 aliphatic rings. The standard InChI is InChI=1S/C21H21BrN2O/c1-21(2)12-17(11-18(25)13-21)24-20-6-4-3-5-19(20)23-14-15-7-9-16(22)10-8-15/h3-11,14,24H,12-13H2,1-2H3. The molecule has 25 heavy (non-hydrogen) atoms. The molecule has 0 radical (unpaired) electrons. The van der Waals surface area contributed by atoms with Crippen LogP contribution in [0.4, 0.5) is 11.4 Å². The van der Waals surface area contributed by atoms with Crippen LogP contribution >= 0.6 is 15.9 Å². The first-order valence-electron chi connectivity index (χ1n) is 8.30. The zero-order valence-corrected chi connectivity index (χ0v) is 16.0. The fraction of sp³-hybridized carbons (Fsp3) is 0.238. The van der Waals surface area contributed by atoms with Crippen LogP contribution in [0.15, 0.2) is 69.8 Å². The smallest absolute Gasteiger partial charge is 0.157 e. The van der Waals surface area contributed by atoms with Crippen molar-refractivity contribution in [3.8, 4) is 0 Å². The number of hydrogen-bond donors (Lipinski definition) is 1. The Kier molecular flexibility index (Phi) is 5.19. The lowest BCUT2D eigenvalue weighted by Crippen LogP contribution is -2.24. The first-order valence-corrected chi connectivity index (χ1v) is 9.10. The number of carbonyl (C=O) groups is 1. The fourth-order valence-electron chi connectivity index (χ4n) is 2.98. The Morgan fingerprint density at radius 1 is 1.08 bits per heavy atom. The van der Waals surface area contributed by atoms with Gasteiger partial charge < -0.3 is 5.32 Å². The SMILES string of the molecule is CC1(C)CC(=O)C=C(Nc2ccccc2N=Cc2ccc(Br)cc2)C1. The summed E-state index contributed by atoms with van der Waals surface area (Å²) in [7, 11) is 0. The van der Waals surface area contributed by atoms with E-state index < -0.39 is 0 Å². The topological polar surface area (TPSA) is 41.5 Å². The summed E-state index contributed by atoms with van der Waals surface area (Å²) in [6, 6.07) is 15.9. The molecule has 0 unspecified atom stereocenters. The van der Waals surface area contributed by atoms with Crippen LogP contribution in [0.25, 0.3) is 0 Å². The minimum absolute atomic E-state index is 0.0101. The molecule has 0 saturated carbocycles. The summed E-state index contributed by atoms with van der Waals surface area (Å²) in [6.45, 7) is 4.24. The maximum absolute atomic E-state index is 12.0. The van der Waals surface area contributed by atoms with E-state index in [1.165, 1.54) is 0 Å². The third-order valence-electron chi connectivity index (χ3n) is 4.08. The van der Waals surface area contributed by atoms with Crippen LogP contribution in [0.5, 0.6) is 0 Å². The molecule has 0 amide bonds. The molecular weight excluding hydrogens is 376 g/mol. The van der Waals surface area contributed by atoms with Crippen LogP contribution in [0.2, 0.25) is 0 Å². The van der Waals surface area contributed by atoms with Gasteiger partial charge in [0.15, 0.2) is 5.78 Å². The molecule has 2 aromatic carbocycles. The highest BCUT2D eigenvalue weighted by Crippen LogP contribution is 2.35. The number of nitrogens with one attached hydrogen (secondary N) is 1. The van der Waals surface area contributed by atoms with Gasteiger partial charge in [-0.3, -0.25) is 9.79 Å². The minimum Gasteiger partial charge on any atom is -0.357 e. The molecule has 0 saturated heterocycles. The second-order valence-electron chi connectivity index (χ2n) is 7.11. The number of hydrogen-bond acceptors (Lipinski definition) is 3.